The van der Waals surface area contributed by atoms with Crippen LogP contribution in [0.2, 0.25) is 0 Å². The summed E-state index contributed by atoms with van der Waals surface area (Å²) in [5.41, 5.74) is 4.97. The maximum absolute atomic E-state index is 10.2. The molecular weight excluding hydrogens is 256 g/mol. The van der Waals surface area contributed by atoms with E-state index in [1.165, 1.54) is 13.2 Å². The van der Waals surface area contributed by atoms with Gasteiger partial charge in [0.25, 0.3) is 0 Å². The van der Waals surface area contributed by atoms with Crippen molar-refractivity contribution in [2.75, 3.05) is 7.11 Å². The van der Waals surface area contributed by atoms with E-state index in [1.807, 2.05) is 0 Å². The van der Waals surface area contributed by atoms with Gasteiger partial charge in [-0.3, -0.25) is 4.79 Å². The molecule has 110 valence electrons. The maximum Gasteiger partial charge on any atom is 0.332 e. The molecule has 0 aromatic carbocycles. The Balaban J connectivity index is -0.0000000883. The van der Waals surface area contributed by atoms with E-state index in [-0.39, 0.29) is 5.97 Å². The fraction of sp³-hybridized carbons (Fsp3) is 0.133. The van der Waals surface area contributed by atoms with Crippen molar-refractivity contribution in [3.8, 4) is 6.07 Å². The van der Waals surface area contributed by atoms with Gasteiger partial charge in [-0.1, -0.05) is 45.0 Å². The molecule has 0 aromatic rings. The second-order valence-electron chi connectivity index (χ2n) is 2.68. The number of esters is 1. The normalized spacial score (nSPS) is 6.05. The van der Waals surface area contributed by atoms with Crippen LogP contribution >= 0.6 is 0 Å². The summed E-state index contributed by atoms with van der Waals surface area (Å²) in [6.07, 6.45) is 5.51. The minimum absolute atomic E-state index is 0.347. The number of hydrogen-bond donors (Lipinski definition) is 1. The Kier molecular flexibility index (Phi) is 32.4. The van der Waals surface area contributed by atoms with Crippen LogP contribution in [0.3, 0.4) is 0 Å². The lowest BCUT2D eigenvalue weighted by atomic mass is 10.4. The highest BCUT2D eigenvalue weighted by atomic mass is 16.5. The lowest BCUT2D eigenvalue weighted by Crippen LogP contribution is -2.04. The number of nitrogens with two attached hydrogens (primary N) is 1. The van der Waals surface area contributed by atoms with Gasteiger partial charge in [0.2, 0.25) is 5.91 Å². The molecule has 0 fully saturated rings. The average molecular weight is 278 g/mol. The van der Waals surface area contributed by atoms with E-state index >= 15 is 0 Å². The first kappa shape index (κ1) is 25.9. The molecule has 2 N–H and O–H groups in total. The van der Waals surface area contributed by atoms with E-state index in [0.717, 1.165) is 6.08 Å². The molecule has 0 aliphatic rings. The SMILES string of the molecule is C=C(C)C(=O)OC.C=CC#N.C=CC(N)=O.C=CC=C. The Labute approximate surface area is 121 Å². The zero-order chi connectivity index (χ0) is 17.0. The number of amides is 1. The number of hydrogen-bond acceptors (Lipinski definition) is 4. The van der Waals surface area contributed by atoms with Gasteiger partial charge in [-0.2, -0.15) is 5.26 Å². The monoisotopic (exact) mass is 278 g/mol. The number of carbonyl (C=O) groups is 2. The molecular formula is C15H22N2O3. The smallest absolute Gasteiger partial charge is 0.332 e. The van der Waals surface area contributed by atoms with E-state index in [2.05, 4.69) is 43.4 Å². The third-order valence-electron chi connectivity index (χ3n) is 0.993. The minimum Gasteiger partial charge on any atom is -0.466 e. The van der Waals surface area contributed by atoms with Crippen LogP contribution in [-0.2, 0) is 14.3 Å². The summed E-state index contributed by atoms with van der Waals surface area (Å²) in [5.74, 6) is -0.829. The van der Waals surface area contributed by atoms with Gasteiger partial charge >= 0.3 is 5.97 Å². The Morgan fingerprint density at radius 3 is 1.50 bits per heavy atom. The van der Waals surface area contributed by atoms with Gasteiger partial charge in [0, 0.05) is 11.6 Å². The van der Waals surface area contributed by atoms with Crippen molar-refractivity contribution in [1.82, 2.24) is 0 Å². The molecule has 0 heterocycles. The Hall–Kier alpha value is -2.87. The highest BCUT2D eigenvalue weighted by molar-refractivity contribution is 5.86. The number of primary amides is 1. The summed E-state index contributed by atoms with van der Waals surface area (Å²) in [6, 6.07) is 1.69. The Morgan fingerprint density at radius 2 is 1.50 bits per heavy atom. The summed E-state index contributed by atoms with van der Waals surface area (Å²) >= 11 is 0. The molecule has 0 aromatic heterocycles. The topological polar surface area (TPSA) is 93.2 Å². The summed E-state index contributed by atoms with van der Waals surface area (Å²) in [6.45, 7) is 17.9. The first-order valence-corrected chi connectivity index (χ1v) is 5.18. The number of ether oxygens (including phenoxy) is 1. The van der Waals surface area contributed by atoms with E-state index < -0.39 is 5.91 Å². The highest BCUT2D eigenvalue weighted by Gasteiger charge is 1.95. The van der Waals surface area contributed by atoms with Crippen LogP contribution in [0, 0.1) is 11.3 Å². The number of rotatable bonds is 3. The lowest BCUT2D eigenvalue weighted by molar-refractivity contribution is -0.136. The fourth-order valence-corrected chi connectivity index (χ4v) is 0.174. The molecule has 0 rings (SSSR count). The zero-order valence-electron chi connectivity index (χ0n) is 12.1. The number of nitrogens with zero attached hydrogens (tertiary/aromatic N) is 1. The molecule has 5 heteroatoms. The van der Waals surface area contributed by atoms with Gasteiger partial charge in [-0.05, 0) is 13.0 Å². The van der Waals surface area contributed by atoms with Crippen LogP contribution < -0.4 is 5.73 Å². The molecule has 0 aliphatic carbocycles. The molecule has 0 aliphatic heterocycles. The van der Waals surface area contributed by atoms with Crippen LogP contribution in [0.1, 0.15) is 6.92 Å². The van der Waals surface area contributed by atoms with Crippen molar-refractivity contribution in [2.45, 2.75) is 6.92 Å². The third-order valence-corrected chi connectivity index (χ3v) is 0.993. The fourth-order valence-electron chi connectivity index (χ4n) is 0.174. The van der Waals surface area contributed by atoms with Gasteiger partial charge < -0.3 is 10.5 Å². The predicted molar refractivity (Wildman–Crippen MR) is 82.4 cm³/mol. The molecule has 0 saturated carbocycles. The molecule has 0 unspecified atom stereocenters. The standard InChI is InChI=1S/C5H8O2.C4H6.C3H5NO.C3H3N/c1-4(2)5(6)7-3;1-3-4-2;1-2-3(4)5;1-2-3-4/h1H2,2-3H3;3-4H,1-2H2;2H,1H2,(H2,4,5);2H,1H2. The van der Waals surface area contributed by atoms with E-state index in [1.54, 1.807) is 25.1 Å². The Morgan fingerprint density at radius 1 is 1.20 bits per heavy atom. The zero-order valence-corrected chi connectivity index (χ0v) is 12.1. The van der Waals surface area contributed by atoms with Crippen molar-refractivity contribution < 1.29 is 14.3 Å². The quantitative estimate of drug-likeness (QED) is 0.371. The number of methoxy groups -OCH3 is 1. The molecule has 0 atom stereocenters. The average Bonchev–Trinajstić information content (AvgIpc) is 2.47. The number of allylic oxidation sites excluding steroid dienone is 3. The van der Waals surface area contributed by atoms with Crippen LogP contribution in [-0.4, -0.2) is 19.0 Å². The molecule has 5 nitrogen and oxygen atoms in total. The van der Waals surface area contributed by atoms with Crippen molar-refractivity contribution in [1.29, 1.82) is 5.26 Å². The van der Waals surface area contributed by atoms with Crippen molar-refractivity contribution >= 4 is 11.9 Å². The van der Waals surface area contributed by atoms with Gasteiger partial charge in [-0.25, -0.2) is 4.79 Å². The van der Waals surface area contributed by atoms with Crippen molar-refractivity contribution in [3.63, 3.8) is 0 Å². The van der Waals surface area contributed by atoms with Crippen LogP contribution in [0.15, 0.2) is 62.8 Å². The first-order valence-electron chi connectivity index (χ1n) is 5.18. The molecule has 0 bridgehead atoms. The van der Waals surface area contributed by atoms with Crippen LogP contribution in [0.5, 0.6) is 0 Å². The maximum atomic E-state index is 10.2. The summed E-state index contributed by atoms with van der Waals surface area (Å²) in [5, 5.41) is 7.51. The second-order valence-corrected chi connectivity index (χ2v) is 2.68. The van der Waals surface area contributed by atoms with Gasteiger partial charge in [-0.15, -0.1) is 0 Å². The van der Waals surface area contributed by atoms with Gasteiger partial charge in [0.05, 0.1) is 13.2 Å². The molecule has 0 saturated heterocycles. The van der Waals surface area contributed by atoms with Crippen LogP contribution in [0.25, 0.3) is 0 Å². The van der Waals surface area contributed by atoms with E-state index in [9.17, 15) is 9.59 Å². The van der Waals surface area contributed by atoms with E-state index in [0.29, 0.717) is 5.57 Å². The summed E-state index contributed by atoms with van der Waals surface area (Å²) in [7, 11) is 1.33. The largest absolute Gasteiger partial charge is 0.466 e. The lowest BCUT2D eigenvalue weighted by Gasteiger charge is -1.91. The van der Waals surface area contributed by atoms with Gasteiger partial charge in [0.1, 0.15) is 0 Å². The van der Waals surface area contributed by atoms with E-state index in [4.69, 9.17) is 5.26 Å². The van der Waals surface area contributed by atoms with Crippen molar-refractivity contribution in [3.05, 3.63) is 62.8 Å². The second kappa shape index (κ2) is 25.1. The Bertz CT molecular complexity index is 371. The highest BCUT2D eigenvalue weighted by Crippen LogP contribution is 1.87. The minimum atomic E-state index is -0.481. The molecule has 20 heavy (non-hydrogen) atoms. The molecule has 1 amide bonds. The van der Waals surface area contributed by atoms with Gasteiger partial charge in [0.15, 0.2) is 0 Å². The number of carbonyl (C=O) groups excluding carboxylic acids is 2. The summed E-state index contributed by atoms with van der Waals surface area (Å²) in [4.78, 5) is 19.7. The number of nitriles is 1. The predicted octanol–water partition coefficient (Wildman–Crippen LogP) is 2.45. The third kappa shape index (κ3) is 59.4. The molecule has 0 radical (unpaired) electrons. The molecule has 0 spiro atoms. The van der Waals surface area contributed by atoms with Crippen LogP contribution in [0.4, 0.5) is 0 Å². The van der Waals surface area contributed by atoms with Crippen molar-refractivity contribution in [2.24, 2.45) is 5.73 Å². The summed E-state index contributed by atoms with van der Waals surface area (Å²) < 4.78 is 4.27. The first-order chi connectivity index (χ1) is 9.28.